The summed E-state index contributed by atoms with van der Waals surface area (Å²) in [5.74, 6) is -0.360. The summed E-state index contributed by atoms with van der Waals surface area (Å²) in [6.45, 7) is 1.86. The zero-order valence-electron chi connectivity index (χ0n) is 10.7. The second-order valence-corrected chi connectivity index (χ2v) is 5.43. The van der Waals surface area contributed by atoms with Crippen molar-refractivity contribution in [2.24, 2.45) is 0 Å². The Hall–Kier alpha value is -1.69. The molecule has 0 aliphatic carbocycles. The fraction of sp³-hybridized carbons (Fsp3) is 0.538. The molecule has 2 aliphatic heterocycles. The average Bonchev–Trinajstić information content (AvgIpc) is 2.69. The lowest BCUT2D eigenvalue weighted by Gasteiger charge is -2.37. The van der Waals surface area contributed by atoms with Gasteiger partial charge in [-0.3, -0.25) is 10.1 Å². The van der Waals surface area contributed by atoms with Crippen molar-refractivity contribution >= 4 is 5.69 Å². The Morgan fingerprint density at radius 2 is 2.11 bits per heavy atom. The van der Waals surface area contributed by atoms with Crippen LogP contribution >= 0.6 is 0 Å². The van der Waals surface area contributed by atoms with Crippen LogP contribution < -0.4 is 4.74 Å². The average molecular weight is 266 g/mol. The SMILES string of the molecule is CN1CCC2(CC1)Cc1cc([N+](=O)[O-])c(F)cc1O2. The lowest BCUT2D eigenvalue weighted by molar-refractivity contribution is -0.387. The van der Waals surface area contributed by atoms with Crippen LogP contribution in [0.3, 0.4) is 0 Å². The standard InChI is InChI=1S/C13H15FN2O3/c1-15-4-2-13(3-5-15)8-9-6-11(16(17)18)10(14)7-12(9)19-13/h6-7H,2-5,8H2,1H3. The number of halogens is 1. The van der Waals surface area contributed by atoms with E-state index in [9.17, 15) is 14.5 Å². The van der Waals surface area contributed by atoms with Crippen molar-refractivity contribution in [1.29, 1.82) is 0 Å². The molecular weight excluding hydrogens is 251 g/mol. The van der Waals surface area contributed by atoms with Gasteiger partial charge in [-0.05, 0) is 7.05 Å². The van der Waals surface area contributed by atoms with Gasteiger partial charge in [-0.2, -0.15) is 4.39 Å². The summed E-state index contributed by atoms with van der Waals surface area (Å²) in [4.78, 5) is 12.3. The first-order valence-corrected chi connectivity index (χ1v) is 6.33. The number of hydrogen-bond acceptors (Lipinski definition) is 4. The number of nitrogens with zero attached hydrogens (tertiary/aromatic N) is 2. The van der Waals surface area contributed by atoms with Gasteiger partial charge in [0, 0.05) is 50.0 Å². The molecule has 0 aromatic heterocycles. The predicted molar refractivity (Wildman–Crippen MR) is 66.8 cm³/mol. The highest BCUT2D eigenvalue weighted by Crippen LogP contribution is 2.42. The van der Waals surface area contributed by atoms with Gasteiger partial charge in [0.1, 0.15) is 11.4 Å². The molecule has 0 unspecified atom stereocenters. The lowest BCUT2D eigenvalue weighted by atomic mass is 9.87. The van der Waals surface area contributed by atoms with Gasteiger partial charge in [0.15, 0.2) is 0 Å². The first-order valence-electron chi connectivity index (χ1n) is 6.33. The first-order chi connectivity index (χ1) is 8.99. The van der Waals surface area contributed by atoms with Crippen LogP contribution in [0.4, 0.5) is 10.1 Å². The molecule has 0 N–H and O–H groups in total. The fourth-order valence-electron chi connectivity index (χ4n) is 2.88. The molecule has 1 aromatic carbocycles. The van der Waals surface area contributed by atoms with E-state index in [1.165, 1.54) is 6.07 Å². The van der Waals surface area contributed by atoms with Gasteiger partial charge in [-0.15, -0.1) is 0 Å². The van der Waals surface area contributed by atoms with Gasteiger partial charge in [0.2, 0.25) is 5.82 Å². The first kappa shape index (κ1) is 12.3. The number of piperidine rings is 1. The number of likely N-dealkylation sites (tertiary alicyclic amines) is 1. The minimum absolute atomic E-state index is 0.295. The van der Waals surface area contributed by atoms with Gasteiger partial charge < -0.3 is 9.64 Å². The van der Waals surface area contributed by atoms with E-state index in [0.717, 1.165) is 37.6 Å². The Bertz CT molecular complexity index is 539. The number of ether oxygens (including phenoxy) is 1. The summed E-state index contributed by atoms with van der Waals surface area (Å²) in [7, 11) is 2.06. The van der Waals surface area contributed by atoms with Crippen molar-refractivity contribution in [2.75, 3.05) is 20.1 Å². The van der Waals surface area contributed by atoms with Crippen LogP contribution in [-0.2, 0) is 6.42 Å². The number of nitro benzene ring substituents is 1. The van der Waals surface area contributed by atoms with Gasteiger partial charge in [0.05, 0.1) is 4.92 Å². The predicted octanol–water partition coefficient (Wildman–Crippen LogP) is 2.13. The third-order valence-electron chi connectivity index (χ3n) is 4.06. The van der Waals surface area contributed by atoms with Crippen molar-refractivity contribution in [3.8, 4) is 5.75 Å². The van der Waals surface area contributed by atoms with Crippen LogP contribution in [-0.4, -0.2) is 35.6 Å². The number of hydrogen-bond donors (Lipinski definition) is 0. The van der Waals surface area contributed by atoms with E-state index < -0.39 is 16.4 Å². The van der Waals surface area contributed by atoms with Crippen LogP contribution in [0.2, 0.25) is 0 Å². The Morgan fingerprint density at radius 1 is 1.42 bits per heavy atom. The summed E-state index contributed by atoms with van der Waals surface area (Å²) in [6.07, 6.45) is 2.37. The molecule has 0 saturated carbocycles. The van der Waals surface area contributed by atoms with Crippen LogP contribution in [0.5, 0.6) is 5.75 Å². The third-order valence-corrected chi connectivity index (χ3v) is 4.06. The molecule has 1 saturated heterocycles. The molecule has 1 fully saturated rings. The number of benzene rings is 1. The Balaban J connectivity index is 1.90. The molecule has 102 valence electrons. The molecule has 6 heteroatoms. The second-order valence-electron chi connectivity index (χ2n) is 5.43. The minimum atomic E-state index is -0.825. The Morgan fingerprint density at radius 3 is 2.74 bits per heavy atom. The van der Waals surface area contributed by atoms with E-state index in [-0.39, 0.29) is 5.60 Å². The normalized spacial score (nSPS) is 21.2. The van der Waals surface area contributed by atoms with Crippen LogP contribution in [0.15, 0.2) is 12.1 Å². The summed E-state index contributed by atoms with van der Waals surface area (Å²) in [6, 6.07) is 2.47. The van der Waals surface area contributed by atoms with E-state index in [1.54, 1.807) is 0 Å². The highest BCUT2D eigenvalue weighted by atomic mass is 19.1. The van der Waals surface area contributed by atoms with Crippen molar-refractivity contribution in [3.05, 3.63) is 33.6 Å². The van der Waals surface area contributed by atoms with Gasteiger partial charge >= 0.3 is 5.69 Å². The van der Waals surface area contributed by atoms with Crippen LogP contribution in [0.1, 0.15) is 18.4 Å². The van der Waals surface area contributed by atoms with Crippen molar-refractivity contribution in [1.82, 2.24) is 4.90 Å². The smallest absolute Gasteiger partial charge is 0.305 e. The van der Waals surface area contributed by atoms with E-state index in [4.69, 9.17) is 4.74 Å². The molecular formula is C13H15FN2O3. The van der Waals surface area contributed by atoms with E-state index in [0.29, 0.717) is 12.2 Å². The molecule has 0 amide bonds. The van der Waals surface area contributed by atoms with Gasteiger partial charge in [0.25, 0.3) is 0 Å². The maximum absolute atomic E-state index is 13.6. The quantitative estimate of drug-likeness (QED) is 0.577. The summed E-state index contributed by atoms with van der Waals surface area (Å²) in [5, 5.41) is 10.8. The van der Waals surface area contributed by atoms with Crippen molar-refractivity contribution < 1.29 is 14.1 Å². The summed E-state index contributed by atoms with van der Waals surface area (Å²) >= 11 is 0. The maximum atomic E-state index is 13.6. The van der Waals surface area contributed by atoms with Gasteiger partial charge in [-0.1, -0.05) is 0 Å². The molecule has 0 bridgehead atoms. The third kappa shape index (κ3) is 2.06. The minimum Gasteiger partial charge on any atom is -0.486 e. The number of fused-ring (bicyclic) bond motifs is 1. The highest BCUT2D eigenvalue weighted by molar-refractivity contribution is 5.48. The molecule has 5 nitrogen and oxygen atoms in total. The number of rotatable bonds is 1. The molecule has 1 aromatic rings. The molecule has 0 radical (unpaired) electrons. The zero-order chi connectivity index (χ0) is 13.6. The van der Waals surface area contributed by atoms with E-state index >= 15 is 0 Å². The Kier molecular flexibility index (Phi) is 2.70. The number of nitro groups is 1. The van der Waals surface area contributed by atoms with Crippen molar-refractivity contribution in [2.45, 2.75) is 24.9 Å². The highest BCUT2D eigenvalue weighted by Gasteiger charge is 2.42. The lowest BCUT2D eigenvalue weighted by Crippen LogP contribution is -2.45. The zero-order valence-corrected chi connectivity index (χ0v) is 10.7. The monoisotopic (exact) mass is 266 g/mol. The van der Waals surface area contributed by atoms with E-state index in [2.05, 4.69) is 11.9 Å². The van der Waals surface area contributed by atoms with Crippen LogP contribution in [0.25, 0.3) is 0 Å². The summed E-state index contributed by atoms with van der Waals surface area (Å²) in [5.41, 5.74) is -0.0127. The summed E-state index contributed by atoms with van der Waals surface area (Å²) < 4.78 is 19.5. The molecule has 0 atom stereocenters. The molecule has 3 rings (SSSR count). The van der Waals surface area contributed by atoms with E-state index in [1.807, 2.05) is 0 Å². The topological polar surface area (TPSA) is 55.6 Å². The molecule has 2 aliphatic rings. The molecule has 1 spiro atoms. The second kappa shape index (κ2) is 4.16. The molecule has 2 heterocycles. The fourth-order valence-corrected chi connectivity index (χ4v) is 2.88. The Labute approximate surface area is 110 Å². The largest absolute Gasteiger partial charge is 0.486 e. The van der Waals surface area contributed by atoms with Crippen molar-refractivity contribution in [3.63, 3.8) is 0 Å². The van der Waals surface area contributed by atoms with Crippen LogP contribution in [0, 0.1) is 15.9 Å². The van der Waals surface area contributed by atoms with Gasteiger partial charge in [-0.25, -0.2) is 0 Å². The molecule has 19 heavy (non-hydrogen) atoms. The maximum Gasteiger partial charge on any atom is 0.305 e.